The summed E-state index contributed by atoms with van der Waals surface area (Å²) >= 11 is 0. The predicted molar refractivity (Wildman–Crippen MR) is 105 cm³/mol. The second kappa shape index (κ2) is 6.80. The molecule has 2 unspecified atom stereocenters. The van der Waals surface area contributed by atoms with E-state index in [0.29, 0.717) is 0 Å². The molecule has 0 radical (unpaired) electrons. The molecule has 9 nitrogen and oxygen atoms in total. The Morgan fingerprint density at radius 3 is 1.41 bits per heavy atom. The average Bonchev–Trinajstić information content (AvgIpc) is 3.20. The van der Waals surface area contributed by atoms with Crippen LogP contribution in [0.25, 0.3) is 0 Å². The lowest BCUT2D eigenvalue weighted by molar-refractivity contribution is 0.239. The average molecular weight is 437 g/mol. The van der Waals surface area contributed by atoms with Crippen molar-refractivity contribution in [3.63, 3.8) is 0 Å². The molecule has 2 aromatic carbocycles. The maximum absolute atomic E-state index is 13.2. The molecule has 154 valence electrons. The van der Waals surface area contributed by atoms with Gasteiger partial charge in [0.2, 0.25) is 20.0 Å². The third kappa shape index (κ3) is 3.29. The fourth-order valence-corrected chi connectivity index (χ4v) is 6.44. The number of aryl methyl sites for hydroxylation is 2. The number of rotatable bonds is 4. The number of fused-ring (bicyclic) bond motifs is 1. The van der Waals surface area contributed by atoms with Crippen LogP contribution in [0.5, 0.6) is 0 Å². The molecule has 0 aromatic heterocycles. The van der Waals surface area contributed by atoms with Crippen LogP contribution in [0.4, 0.5) is 4.79 Å². The third-order valence-electron chi connectivity index (χ3n) is 5.01. The Hall–Kier alpha value is -2.47. The minimum atomic E-state index is -4.04. The highest BCUT2D eigenvalue weighted by molar-refractivity contribution is 7.90. The number of benzene rings is 2. The maximum atomic E-state index is 13.2. The monoisotopic (exact) mass is 436 g/mol. The van der Waals surface area contributed by atoms with Crippen molar-refractivity contribution in [1.29, 1.82) is 0 Å². The summed E-state index contributed by atoms with van der Waals surface area (Å²) in [5, 5.41) is 5.01. The summed E-state index contributed by atoms with van der Waals surface area (Å²) in [7, 11) is -8.09. The number of carbonyl (C=O) groups is 1. The van der Waals surface area contributed by atoms with Crippen molar-refractivity contribution < 1.29 is 21.6 Å². The van der Waals surface area contributed by atoms with Gasteiger partial charge in [-0.25, -0.2) is 21.6 Å². The lowest BCUT2D eigenvalue weighted by atomic mass is 10.2. The van der Waals surface area contributed by atoms with E-state index in [1.807, 2.05) is 13.8 Å². The number of nitrogens with one attached hydrogen (secondary N) is 2. The molecule has 2 fully saturated rings. The van der Waals surface area contributed by atoms with E-state index in [9.17, 15) is 21.6 Å². The van der Waals surface area contributed by atoms with Gasteiger partial charge in [-0.1, -0.05) is 35.4 Å². The van der Waals surface area contributed by atoms with Crippen molar-refractivity contribution in [3.05, 3.63) is 59.7 Å². The van der Waals surface area contributed by atoms with Crippen molar-refractivity contribution in [1.82, 2.24) is 19.2 Å². The molecule has 2 saturated heterocycles. The minimum absolute atomic E-state index is 0.0255. The number of urea groups is 1. The van der Waals surface area contributed by atoms with Crippen molar-refractivity contribution in [2.75, 3.05) is 6.67 Å². The number of hydrogen-bond donors (Lipinski definition) is 2. The van der Waals surface area contributed by atoms with Crippen LogP contribution in [0.2, 0.25) is 0 Å². The summed E-state index contributed by atoms with van der Waals surface area (Å²) in [6.07, 6.45) is -2.09. The van der Waals surface area contributed by atoms with Gasteiger partial charge in [0.25, 0.3) is 0 Å². The summed E-state index contributed by atoms with van der Waals surface area (Å²) in [5.41, 5.74) is 1.78. The molecule has 2 aromatic rings. The van der Waals surface area contributed by atoms with Crippen molar-refractivity contribution in [3.8, 4) is 0 Å². The first-order valence-corrected chi connectivity index (χ1v) is 11.7. The quantitative estimate of drug-likeness (QED) is 0.740. The first-order valence-electron chi connectivity index (χ1n) is 8.85. The van der Waals surface area contributed by atoms with Crippen molar-refractivity contribution in [2.24, 2.45) is 0 Å². The molecule has 11 heteroatoms. The molecule has 2 amide bonds. The Labute approximate surface area is 169 Å². The molecule has 0 aliphatic carbocycles. The Kier molecular flexibility index (Phi) is 4.65. The lowest BCUT2D eigenvalue weighted by Gasteiger charge is -2.21. The molecule has 4 rings (SSSR count). The van der Waals surface area contributed by atoms with E-state index in [1.54, 1.807) is 24.3 Å². The van der Waals surface area contributed by atoms with Crippen LogP contribution in [0.15, 0.2) is 58.3 Å². The highest BCUT2D eigenvalue weighted by atomic mass is 32.2. The van der Waals surface area contributed by atoms with E-state index in [0.717, 1.165) is 19.7 Å². The Morgan fingerprint density at radius 2 is 1.07 bits per heavy atom. The Balaban J connectivity index is 1.74. The van der Waals surface area contributed by atoms with Crippen LogP contribution < -0.4 is 10.6 Å². The van der Waals surface area contributed by atoms with Crippen LogP contribution in [-0.4, -0.2) is 50.5 Å². The SMILES string of the molecule is Cc1ccc(S(=O)(=O)N2CN(S(=O)(=O)c3ccc(C)cc3)C3NC(=O)NC32)cc1. The highest BCUT2D eigenvalue weighted by Gasteiger charge is 2.55. The molecule has 2 heterocycles. The van der Waals surface area contributed by atoms with Crippen LogP contribution in [0, 0.1) is 13.8 Å². The van der Waals surface area contributed by atoms with Gasteiger partial charge in [0.15, 0.2) is 0 Å². The normalized spacial score (nSPS) is 22.9. The topological polar surface area (TPSA) is 116 Å². The number of amides is 2. The zero-order chi connectivity index (χ0) is 21.0. The first-order chi connectivity index (χ1) is 13.6. The lowest BCUT2D eigenvalue weighted by Crippen LogP contribution is -2.46. The van der Waals surface area contributed by atoms with Crippen LogP contribution in [0.3, 0.4) is 0 Å². The van der Waals surface area contributed by atoms with E-state index < -0.39 is 45.1 Å². The van der Waals surface area contributed by atoms with Gasteiger partial charge < -0.3 is 10.6 Å². The van der Waals surface area contributed by atoms with E-state index in [2.05, 4.69) is 10.6 Å². The standard InChI is InChI=1S/C18H20N4O5S2/c1-12-3-7-14(8-4-12)28(24,25)21-11-22(17-16(21)19-18(23)20-17)29(26,27)15-9-5-13(2)6-10-15/h3-10,16-17H,11H2,1-2H3,(H2,19,20,23). The fraction of sp³-hybridized carbons (Fsp3) is 0.278. The Morgan fingerprint density at radius 1 is 0.724 bits per heavy atom. The summed E-state index contributed by atoms with van der Waals surface area (Å²) in [5.74, 6) is 0. The largest absolute Gasteiger partial charge is 0.318 e. The summed E-state index contributed by atoms with van der Waals surface area (Å²) < 4.78 is 54.7. The molecule has 2 aliphatic rings. The van der Waals surface area contributed by atoms with Gasteiger partial charge in [0.05, 0.1) is 16.5 Å². The van der Waals surface area contributed by atoms with E-state index in [-0.39, 0.29) is 9.79 Å². The van der Waals surface area contributed by atoms with Gasteiger partial charge in [-0.15, -0.1) is 0 Å². The molecule has 0 saturated carbocycles. The smallest absolute Gasteiger partial charge is 0.317 e. The van der Waals surface area contributed by atoms with Crippen LogP contribution in [-0.2, 0) is 20.0 Å². The Bertz CT molecular complexity index is 1070. The molecule has 2 atom stereocenters. The third-order valence-corrected chi connectivity index (χ3v) is 8.67. The summed E-state index contributed by atoms with van der Waals surface area (Å²) in [6, 6.07) is 11.8. The second-order valence-corrected chi connectivity index (χ2v) is 10.8. The second-order valence-electron chi connectivity index (χ2n) is 7.06. The highest BCUT2D eigenvalue weighted by Crippen LogP contribution is 2.32. The van der Waals surface area contributed by atoms with Gasteiger partial charge in [-0.05, 0) is 38.1 Å². The molecule has 0 bridgehead atoms. The predicted octanol–water partition coefficient (Wildman–Crippen LogP) is 0.921. The van der Waals surface area contributed by atoms with Crippen LogP contribution >= 0.6 is 0 Å². The fourth-order valence-electron chi connectivity index (χ4n) is 3.38. The molecule has 2 aliphatic heterocycles. The number of hydrogen-bond acceptors (Lipinski definition) is 5. The van der Waals surface area contributed by atoms with Crippen molar-refractivity contribution in [2.45, 2.75) is 36.0 Å². The first kappa shape index (κ1) is 19.8. The zero-order valence-corrected chi connectivity index (χ0v) is 17.4. The molecule has 2 N–H and O–H groups in total. The summed E-state index contributed by atoms with van der Waals surface area (Å²) in [4.78, 5) is 11.9. The molecule has 0 spiro atoms. The van der Waals surface area contributed by atoms with Gasteiger partial charge >= 0.3 is 6.03 Å². The van der Waals surface area contributed by atoms with Crippen LogP contribution in [0.1, 0.15) is 11.1 Å². The minimum Gasteiger partial charge on any atom is -0.318 e. The summed E-state index contributed by atoms with van der Waals surface area (Å²) in [6.45, 7) is 3.24. The number of sulfonamides is 2. The van der Waals surface area contributed by atoms with E-state index >= 15 is 0 Å². The van der Waals surface area contributed by atoms with Gasteiger partial charge in [0.1, 0.15) is 12.3 Å². The zero-order valence-electron chi connectivity index (χ0n) is 15.7. The number of nitrogens with zero attached hydrogens (tertiary/aromatic N) is 2. The van der Waals surface area contributed by atoms with Crippen molar-refractivity contribution >= 4 is 26.1 Å². The molecule has 29 heavy (non-hydrogen) atoms. The maximum Gasteiger partial charge on any atom is 0.317 e. The van der Waals surface area contributed by atoms with Gasteiger partial charge in [-0.2, -0.15) is 8.61 Å². The van der Waals surface area contributed by atoms with Gasteiger partial charge in [0, 0.05) is 0 Å². The van der Waals surface area contributed by atoms with Gasteiger partial charge in [-0.3, -0.25) is 0 Å². The van der Waals surface area contributed by atoms with E-state index in [1.165, 1.54) is 24.3 Å². The molecular formula is C18H20N4O5S2. The van der Waals surface area contributed by atoms with E-state index in [4.69, 9.17) is 0 Å². The number of carbonyl (C=O) groups excluding carboxylic acids is 1. The molecular weight excluding hydrogens is 416 g/mol.